The number of halogens is 4. The molecule has 6 heteroatoms. The van der Waals surface area contributed by atoms with Gasteiger partial charge in [0.25, 0.3) is 0 Å². The number of benzene rings is 1. The van der Waals surface area contributed by atoms with Gasteiger partial charge in [-0.15, -0.1) is 0 Å². The van der Waals surface area contributed by atoms with Gasteiger partial charge in [0.05, 0.1) is 11.3 Å². The Hall–Kier alpha value is -2.50. The largest absolute Gasteiger partial charge is 0.416 e. The highest BCUT2D eigenvalue weighted by molar-refractivity contribution is 5.91. The lowest BCUT2D eigenvalue weighted by Gasteiger charge is -2.09. The SMILES string of the molecule is CC(=O)/C=C/c1ccc(-c2ccc(C(F)(F)F)cc2F)nc1. The standard InChI is InChI=1S/C16H11F4NO/c1-10(22)2-3-11-4-7-15(21-9-11)13-6-5-12(8-14(13)17)16(18,19)20/h2-9H,1H3/b3-2+. The molecule has 2 aromatic rings. The minimum Gasteiger partial charge on any atom is -0.295 e. The van der Waals surface area contributed by atoms with E-state index in [1.807, 2.05) is 0 Å². The second-order valence-electron chi connectivity index (χ2n) is 4.61. The molecule has 0 aliphatic carbocycles. The molecule has 0 saturated carbocycles. The number of nitrogens with zero attached hydrogens (tertiary/aromatic N) is 1. The second-order valence-corrected chi connectivity index (χ2v) is 4.61. The van der Waals surface area contributed by atoms with E-state index in [9.17, 15) is 22.4 Å². The monoisotopic (exact) mass is 309 g/mol. The van der Waals surface area contributed by atoms with Gasteiger partial charge in [0.1, 0.15) is 5.82 Å². The van der Waals surface area contributed by atoms with Crippen LogP contribution in [0.15, 0.2) is 42.6 Å². The van der Waals surface area contributed by atoms with Gasteiger partial charge in [0.2, 0.25) is 0 Å². The van der Waals surface area contributed by atoms with Crippen molar-refractivity contribution in [3.05, 3.63) is 59.5 Å². The number of hydrogen-bond acceptors (Lipinski definition) is 2. The second kappa shape index (κ2) is 6.09. The van der Waals surface area contributed by atoms with Crippen molar-refractivity contribution in [2.75, 3.05) is 0 Å². The Labute approximate surface area is 124 Å². The van der Waals surface area contributed by atoms with Gasteiger partial charge in [-0.05, 0) is 48.9 Å². The van der Waals surface area contributed by atoms with E-state index in [1.54, 1.807) is 12.1 Å². The van der Waals surface area contributed by atoms with Crippen LogP contribution in [0.1, 0.15) is 18.1 Å². The molecule has 114 valence electrons. The zero-order valence-electron chi connectivity index (χ0n) is 11.5. The first-order chi connectivity index (χ1) is 10.3. The van der Waals surface area contributed by atoms with Crippen molar-refractivity contribution in [2.24, 2.45) is 0 Å². The van der Waals surface area contributed by atoms with Gasteiger partial charge >= 0.3 is 6.18 Å². The van der Waals surface area contributed by atoms with E-state index in [-0.39, 0.29) is 17.0 Å². The summed E-state index contributed by atoms with van der Waals surface area (Å²) in [5.41, 5.74) is -0.220. The maximum Gasteiger partial charge on any atom is 0.416 e. The van der Waals surface area contributed by atoms with Crippen molar-refractivity contribution in [2.45, 2.75) is 13.1 Å². The lowest BCUT2D eigenvalue weighted by Crippen LogP contribution is -2.05. The van der Waals surface area contributed by atoms with E-state index in [0.29, 0.717) is 11.6 Å². The van der Waals surface area contributed by atoms with Gasteiger partial charge < -0.3 is 0 Å². The average molecular weight is 309 g/mol. The molecule has 22 heavy (non-hydrogen) atoms. The van der Waals surface area contributed by atoms with Gasteiger partial charge in [0.15, 0.2) is 5.78 Å². The summed E-state index contributed by atoms with van der Waals surface area (Å²) >= 11 is 0. The summed E-state index contributed by atoms with van der Waals surface area (Å²) in [6.07, 6.45) is -0.280. The van der Waals surface area contributed by atoms with Crippen molar-refractivity contribution in [1.29, 1.82) is 0 Å². The number of ketones is 1. The predicted molar refractivity (Wildman–Crippen MR) is 74.3 cm³/mol. The van der Waals surface area contributed by atoms with Crippen LogP contribution < -0.4 is 0 Å². The predicted octanol–water partition coefficient (Wildman–Crippen LogP) is 4.51. The van der Waals surface area contributed by atoms with Crippen LogP contribution >= 0.6 is 0 Å². The lowest BCUT2D eigenvalue weighted by atomic mass is 10.1. The summed E-state index contributed by atoms with van der Waals surface area (Å²) in [5, 5.41) is 0. The topological polar surface area (TPSA) is 30.0 Å². The van der Waals surface area contributed by atoms with E-state index < -0.39 is 17.6 Å². The van der Waals surface area contributed by atoms with Crippen LogP contribution in [0.2, 0.25) is 0 Å². The molecule has 0 unspecified atom stereocenters. The fourth-order valence-corrected chi connectivity index (χ4v) is 1.78. The zero-order chi connectivity index (χ0) is 16.3. The molecule has 0 fully saturated rings. The molecule has 0 aliphatic heterocycles. The summed E-state index contributed by atoms with van der Waals surface area (Å²) < 4.78 is 51.3. The van der Waals surface area contributed by atoms with Crippen LogP contribution in [0.5, 0.6) is 0 Å². The molecule has 0 aliphatic rings. The van der Waals surface area contributed by atoms with E-state index in [4.69, 9.17) is 0 Å². The summed E-state index contributed by atoms with van der Waals surface area (Å²) in [5.74, 6) is -1.12. The fourth-order valence-electron chi connectivity index (χ4n) is 1.78. The highest BCUT2D eigenvalue weighted by atomic mass is 19.4. The van der Waals surface area contributed by atoms with Gasteiger partial charge in [0, 0.05) is 11.8 Å². The molecule has 1 aromatic heterocycles. The Bertz CT molecular complexity index is 718. The van der Waals surface area contributed by atoms with Gasteiger partial charge in [-0.1, -0.05) is 6.07 Å². The smallest absolute Gasteiger partial charge is 0.295 e. The van der Waals surface area contributed by atoms with Crippen LogP contribution in [0.3, 0.4) is 0 Å². The average Bonchev–Trinajstić information content (AvgIpc) is 2.44. The Balaban J connectivity index is 2.31. The van der Waals surface area contributed by atoms with Crippen LogP contribution in [-0.4, -0.2) is 10.8 Å². The summed E-state index contributed by atoms with van der Waals surface area (Å²) in [7, 11) is 0. The maximum absolute atomic E-state index is 13.8. The number of alkyl halides is 3. The Morgan fingerprint density at radius 2 is 1.91 bits per heavy atom. The molecule has 1 heterocycles. The van der Waals surface area contributed by atoms with Crippen molar-refractivity contribution in [1.82, 2.24) is 4.98 Å². The number of carbonyl (C=O) groups excluding carboxylic acids is 1. The summed E-state index contributed by atoms with van der Waals surface area (Å²) in [6, 6.07) is 5.38. The van der Waals surface area contributed by atoms with Crippen LogP contribution in [0.4, 0.5) is 17.6 Å². The Kier molecular flexibility index (Phi) is 4.40. The third kappa shape index (κ3) is 3.78. The molecule has 0 saturated heterocycles. The van der Waals surface area contributed by atoms with Gasteiger partial charge in [-0.25, -0.2) is 4.39 Å². The van der Waals surface area contributed by atoms with E-state index in [0.717, 1.165) is 12.1 Å². The van der Waals surface area contributed by atoms with Crippen LogP contribution in [0.25, 0.3) is 17.3 Å². The molecule has 2 nitrogen and oxygen atoms in total. The summed E-state index contributed by atoms with van der Waals surface area (Å²) in [6.45, 7) is 1.40. The minimum atomic E-state index is -4.59. The van der Waals surface area contributed by atoms with Crippen LogP contribution in [0, 0.1) is 5.82 Å². The van der Waals surface area contributed by atoms with Crippen molar-refractivity contribution < 1.29 is 22.4 Å². The van der Waals surface area contributed by atoms with E-state index in [2.05, 4.69) is 4.98 Å². The molecule has 0 radical (unpaired) electrons. The maximum atomic E-state index is 13.8. The highest BCUT2D eigenvalue weighted by Gasteiger charge is 2.31. The summed E-state index contributed by atoms with van der Waals surface area (Å²) in [4.78, 5) is 14.8. The lowest BCUT2D eigenvalue weighted by molar-refractivity contribution is -0.137. The third-order valence-electron chi connectivity index (χ3n) is 2.87. The zero-order valence-corrected chi connectivity index (χ0v) is 11.5. The van der Waals surface area contributed by atoms with Gasteiger partial charge in [-0.3, -0.25) is 9.78 Å². The Morgan fingerprint density at radius 1 is 1.18 bits per heavy atom. The number of rotatable bonds is 3. The normalized spacial score (nSPS) is 11.9. The van der Waals surface area contributed by atoms with E-state index in [1.165, 1.54) is 25.3 Å². The number of aromatic nitrogens is 1. The molecule has 0 amide bonds. The van der Waals surface area contributed by atoms with Crippen molar-refractivity contribution in [3.63, 3.8) is 0 Å². The number of allylic oxidation sites excluding steroid dienone is 1. The first-order valence-electron chi connectivity index (χ1n) is 6.29. The fraction of sp³-hybridized carbons (Fsp3) is 0.125. The third-order valence-corrected chi connectivity index (χ3v) is 2.87. The quantitative estimate of drug-likeness (QED) is 0.617. The van der Waals surface area contributed by atoms with Crippen molar-refractivity contribution in [3.8, 4) is 11.3 Å². The molecule has 2 rings (SSSR count). The highest BCUT2D eigenvalue weighted by Crippen LogP contribution is 2.32. The number of carbonyl (C=O) groups is 1. The first kappa shape index (κ1) is 15.9. The van der Waals surface area contributed by atoms with E-state index >= 15 is 0 Å². The molecule has 1 aromatic carbocycles. The molecule has 0 bridgehead atoms. The molecule has 0 atom stereocenters. The number of hydrogen-bond donors (Lipinski definition) is 0. The van der Waals surface area contributed by atoms with Gasteiger partial charge in [-0.2, -0.15) is 13.2 Å². The molecule has 0 spiro atoms. The molecular weight excluding hydrogens is 298 g/mol. The first-order valence-corrected chi connectivity index (χ1v) is 6.29. The Morgan fingerprint density at radius 3 is 2.41 bits per heavy atom. The number of pyridine rings is 1. The molecule has 0 N–H and O–H groups in total. The van der Waals surface area contributed by atoms with Crippen LogP contribution in [-0.2, 0) is 11.0 Å². The van der Waals surface area contributed by atoms with Crippen molar-refractivity contribution >= 4 is 11.9 Å². The minimum absolute atomic E-state index is 0.0184. The molecular formula is C16H11F4NO.